The van der Waals surface area contributed by atoms with Crippen LogP contribution in [0, 0.1) is 13.8 Å². The number of rotatable bonds is 1. The van der Waals surface area contributed by atoms with Gasteiger partial charge in [-0.15, -0.1) is 0 Å². The minimum atomic E-state index is 0.551. The van der Waals surface area contributed by atoms with Gasteiger partial charge in [0.05, 0.1) is 0 Å². The molecule has 3 aromatic rings. The van der Waals surface area contributed by atoms with Gasteiger partial charge in [0.25, 0.3) is 0 Å². The fourth-order valence-electron chi connectivity index (χ4n) is 1.82. The van der Waals surface area contributed by atoms with Crippen molar-refractivity contribution in [3.05, 3.63) is 41.6 Å². The molecule has 0 saturated heterocycles. The van der Waals surface area contributed by atoms with E-state index in [2.05, 4.69) is 9.97 Å². The molecule has 18 heavy (non-hydrogen) atoms. The summed E-state index contributed by atoms with van der Waals surface area (Å²) < 4.78 is 5.63. The van der Waals surface area contributed by atoms with Gasteiger partial charge < -0.3 is 10.2 Å². The van der Waals surface area contributed by atoms with Crippen LogP contribution in [0.5, 0.6) is 0 Å². The van der Waals surface area contributed by atoms with Crippen LogP contribution in [0.25, 0.3) is 22.7 Å². The Morgan fingerprint density at radius 1 is 1.17 bits per heavy atom. The van der Waals surface area contributed by atoms with Crippen molar-refractivity contribution in [2.45, 2.75) is 13.8 Å². The summed E-state index contributed by atoms with van der Waals surface area (Å²) in [6, 6.07) is 7.72. The Balaban J connectivity index is 2.16. The second kappa shape index (κ2) is 3.84. The van der Waals surface area contributed by atoms with Crippen LogP contribution in [-0.4, -0.2) is 9.97 Å². The van der Waals surface area contributed by atoms with Crippen LogP contribution >= 0.6 is 0 Å². The van der Waals surface area contributed by atoms with Crippen molar-refractivity contribution in [2.75, 3.05) is 5.73 Å². The lowest BCUT2D eigenvalue weighted by atomic mass is 10.1. The first kappa shape index (κ1) is 10.8. The van der Waals surface area contributed by atoms with E-state index >= 15 is 0 Å². The second-order valence-electron chi connectivity index (χ2n) is 4.43. The minimum absolute atomic E-state index is 0.551. The summed E-state index contributed by atoms with van der Waals surface area (Å²) >= 11 is 0. The van der Waals surface area contributed by atoms with Crippen LogP contribution < -0.4 is 5.73 Å². The molecule has 2 heterocycles. The Morgan fingerprint density at radius 2 is 2.00 bits per heavy atom. The number of pyridine rings is 1. The number of nitrogen functional groups attached to an aromatic ring is 1. The average Bonchev–Trinajstić information content (AvgIpc) is 2.75. The fourth-order valence-corrected chi connectivity index (χ4v) is 1.82. The van der Waals surface area contributed by atoms with Crippen LogP contribution in [0.15, 0.2) is 34.9 Å². The van der Waals surface area contributed by atoms with Crippen molar-refractivity contribution < 1.29 is 4.42 Å². The minimum Gasteiger partial charge on any atom is -0.418 e. The lowest BCUT2D eigenvalue weighted by Crippen LogP contribution is -1.89. The van der Waals surface area contributed by atoms with Gasteiger partial charge in [-0.05, 0) is 43.2 Å². The fraction of sp³-hybridized carbons (Fsp3) is 0.143. The molecule has 0 aliphatic rings. The van der Waals surface area contributed by atoms with Crippen LogP contribution in [0.4, 0.5) is 5.69 Å². The zero-order chi connectivity index (χ0) is 12.7. The van der Waals surface area contributed by atoms with Crippen molar-refractivity contribution in [3.63, 3.8) is 0 Å². The SMILES string of the molecule is Cc1cnc2oc(-c3ccc(C)c(N)c3)nc2c1. The molecule has 0 unspecified atom stereocenters. The Hall–Kier alpha value is -2.36. The normalized spacial score (nSPS) is 11.0. The first-order valence-electron chi connectivity index (χ1n) is 5.73. The number of anilines is 1. The van der Waals surface area contributed by atoms with E-state index in [1.807, 2.05) is 38.1 Å². The number of oxazole rings is 1. The Labute approximate surface area is 104 Å². The van der Waals surface area contributed by atoms with Gasteiger partial charge >= 0.3 is 0 Å². The van der Waals surface area contributed by atoms with E-state index in [9.17, 15) is 0 Å². The third-order valence-corrected chi connectivity index (χ3v) is 2.91. The molecule has 0 radical (unpaired) electrons. The number of fused-ring (bicyclic) bond motifs is 1. The van der Waals surface area contributed by atoms with Gasteiger partial charge in [-0.1, -0.05) is 6.07 Å². The van der Waals surface area contributed by atoms with Gasteiger partial charge in [-0.25, -0.2) is 9.97 Å². The van der Waals surface area contributed by atoms with Crippen LogP contribution in [0.3, 0.4) is 0 Å². The van der Waals surface area contributed by atoms with Crippen LogP contribution in [0.2, 0.25) is 0 Å². The van der Waals surface area contributed by atoms with Gasteiger partial charge in [-0.3, -0.25) is 0 Å². The number of nitrogens with two attached hydrogens (primary N) is 1. The predicted molar refractivity (Wildman–Crippen MR) is 71.1 cm³/mol. The van der Waals surface area contributed by atoms with Gasteiger partial charge in [0.2, 0.25) is 11.6 Å². The van der Waals surface area contributed by atoms with Gasteiger partial charge in [0, 0.05) is 17.4 Å². The van der Waals surface area contributed by atoms with E-state index in [1.54, 1.807) is 6.20 Å². The van der Waals surface area contributed by atoms with Crippen molar-refractivity contribution in [1.29, 1.82) is 0 Å². The Kier molecular flexibility index (Phi) is 2.30. The molecule has 4 nitrogen and oxygen atoms in total. The number of hydrogen-bond donors (Lipinski definition) is 1. The number of nitrogens with zero attached hydrogens (tertiary/aromatic N) is 2. The lowest BCUT2D eigenvalue weighted by molar-refractivity contribution is 0.607. The standard InChI is InChI=1S/C14H13N3O/c1-8-5-12-14(16-7-8)18-13(17-12)10-4-3-9(2)11(15)6-10/h3-7H,15H2,1-2H3. The quantitative estimate of drug-likeness (QED) is 0.663. The Morgan fingerprint density at radius 3 is 2.78 bits per heavy atom. The van der Waals surface area contributed by atoms with E-state index in [-0.39, 0.29) is 0 Å². The molecule has 0 bridgehead atoms. The maximum atomic E-state index is 5.89. The third-order valence-electron chi connectivity index (χ3n) is 2.91. The van der Waals surface area contributed by atoms with E-state index < -0.39 is 0 Å². The molecule has 0 aliphatic heterocycles. The topological polar surface area (TPSA) is 64.9 Å². The Bertz CT molecular complexity index is 731. The largest absolute Gasteiger partial charge is 0.418 e. The monoisotopic (exact) mass is 239 g/mol. The highest BCUT2D eigenvalue weighted by molar-refractivity contribution is 5.74. The molecule has 0 amide bonds. The van der Waals surface area contributed by atoms with Crippen molar-refractivity contribution in [3.8, 4) is 11.5 Å². The van der Waals surface area contributed by atoms with E-state index in [4.69, 9.17) is 10.2 Å². The van der Waals surface area contributed by atoms with Gasteiger partial charge in [0.15, 0.2) is 0 Å². The first-order chi connectivity index (χ1) is 8.63. The van der Waals surface area contributed by atoms with E-state index in [0.29, 0.717) is 11.6 Å². The number of aromatic nitrogens is 2. The van der Waals surface area contributed by atoms with Gasteiger partial charge in [-0.2, -0.15) is 0 Å². The second-order valence-corrected chi connectivity index (χ2v) is 4.43. The molecule has 1 aromatic carbocycles. The molecular formula is C14H13N3O. The van der Waals surface area contributed by atoms with Crippen molar-refractivity contribution in [2.24, 2.45) is 0 Å². The number of aryl methyl sites for hydroxylation is 2. The molecular weight excluding hydrogens is 226 g/mol. The number of hydrogen-bond acceptors (Lipinski definition) is 4. The summed E-state index contributed by atoms with van der Waals surface area (Å²) in [6.07, 6.45) is 1.76. The zero-order valence-electron chi connectivity index (χ0n) is 10.3. The predicted octanol–water partition coefficient (Wildman–Crippen LogP) is 3.09. The summed E-state index contributed by atoms with van der Waals surface area (Å²) in [5.74, 6) is 0.551. The molecule has 0 aliphatic carbocycles. The third kappa shape index (κ3) is 1.72. The average molecular weight is 239 g/mol. The highest BCUT2D eigenvalue weighted by Gasteiger charge is 2.10. The summed E-state index contributed by atoms with van der Waals surface area (Å²) in [5, 5.41) is 0. The smallest absolute Gasteiger partial charge is 0.247 e. The molecule has 2 N–H and O–H groups in total. The number of benzene rings is 1. The summed E-state index contributed by atoms with van der Waals surface area (Å²) in [7, 11) is 0. The van der Waals surface area contributed by atoms with Crippen LogP contribution in [-0.2, 0) is 0 Å². The van der Waals surface area contributed by atoms with E-state index in [0.717, 1.165) is 27.9 Å². The molecule has 2 aromatic heterocycles. The molecule has 3 rings (SSSR count). The van der Waals surface area contributed by atoms with Crippen LogP contribution in [0.1, 0.15) is 11.1 Å². The summed E-state index contributed by atoms with van der Waals surface area (Å²) in [5.41, 5.74) is 10.9. The highest BCUT2D eigenvalue weighted by atomic mass is 16.4. The molecule has 90 valence electrons. The molecule has 0 saturated carbocycles. The maximum Gasteiger partial charge on any atom is 0.247 e. The zero-order valence-corrected chi connectivity index (χ0v) is 10.3. The highest BCUT2D eigenvalue weighted by Crippen LogP contribution is 2.26. The molecule has 0 atom stereocenters. The summed E-state index contributed by atoms with van der Waals surface area (Å²) in [6.45, 7) is 3.95. The maximum absolute atomic E-state index is 5.89. The van der Waals surface area contributed by atoms with Crippen molar-refractivity contribution in [1.82, 2.24) is 9.97 Å². The van der Waals surface area contributed by atoms with Crippen molar-refractivity contribution >= 4 is 16.9 Å². The molecule has 4 heteroatoms. The molecule has 0 spiro atoms. The van der Waals surface area contributed by atoms with Gasteiger partial charge in [0.1, 0.15) is 5.52 Å². The molecule has 0 fully saturated rings. The lowest BCUT2D eigenvalue weighted by Gasteiger charge is -2.00. The first-order valence-corrected chi connectivity index (χ1v) is 5.73. The van der Waals surface area contributed by atoms with E-state index in [1.165, 1.54) is 0 Å². The summed E-state index contributed by atoms with van der Waals surface area (Å²) in [4.78, 5) is 8.64.